The van der Waals surface area contributed by atoms with E-state index in [4.69, 9.17) is 49.0 Å². The number of benzene rings is 4. The third-order valence-electron chi connectivity index (χ3n) is 6.47. The van der Waals surface area contributed by atoms with Crippen LogP contribution in [0.2, 0.25) is 15.1 Å². The number of hydrogen-bond donors (Lipinski definition) is 1. The van der Waals surface area contributed by atoms with Crippen molar-refractivity contribution in [1.82, 2.24) is 5.32 Å². The zero-order chi connectivity index (χ0) is 31.4. The van der Waals surface area contributed by atoms with Crippen LogP contribution in [0, 0.1) is 0 Å². The summed E-state index contributed by atoms with van der Waals surface area (Å²) >= 11 is 21.6. The molecule has 0 bridgehead atoms. The second kappa shape index (κ2) is 13.7. The van der Waals surface area contributed by atoms with E-state index in [0.717, 1.165) is 10.5 Å². The Hall–Kier alpha value is -4.02. The highest BCUT2D eigenvalue weighted by Gasteiger charge is 2.37. The number of amides is 4. The van der Waals surface area contributed by atoms with Crippen molar-refractivity contribution in [2.45, 2.75) is 13.2 Å². The van der Waals surface area contributed by atoms with Gasteiger partial charge in [-0.25, -0.2) is 9.69 Å². The van der Waals surface area contributed by atoms with Crippen LogP contribution in [0.1, 0.15) is 16.7 Å². The number of barbiturate groups is 1. The quantitative estimate of drug-likeness (QED) is 0.139. The minimum atomic E-state index is -0.865. The van der Waals surface area contributed by atoms with Crippen LogP contribution < -0.4 is 24.4 Å². The molecule has 0 atom stereocenters. The monoisotopic (exact) mass is 714 g/mol. The van der Waals surface area contributed by atoms with Crippen molar-refractivity contribution < 1.29 is 28.6 Å². The first-order chi connectivity index (χ1) is 21.1. The Morgan fingerprint density at radius 1 is 0.841 bits per heavy atom. The maximum absolute atomic E-state index is 13.4. The van der Waals surface area contributed by atoms with Crippen LogP contribution in [-0.2, 0) is 22.8 Å². The Balaban J connectivity index is 1.34. The molecular formula is C32H22BrCl3N2O6. The number of carbonyl (C=O) groups excluding carboxylic acids is 3. The molecule has 0 saturated carbocycles. The number of halogens is 4. The van der Waals surface area contributed by atoms with Gasteiger partial charge in [0.15, 0.2) is 11.5 Å². The summed E-state index contributed by atoms with van der Waals surface area (Å²) in [5.74, 6) is -0.372. The molecule has 5 rings (SSSR count). The molecule has 4 aromatic carbocycles. The number of nitrogens with one attached hydrogen (secondary N) is 1. The van der Waals surface area contributed by atoms with Crippen molar-refractivity contribution >= 4 is 80.3 Å². The third kappa shape index (κ3) is 7.19. The van der Waals surface area contributed by atoms with Gasteiger partial charge in [0.2, 0.25) is 0 Å². The number of carbonyl (C=O) groups is 3. The molecule has 1 fully saturated rings. The fraction of sp³-hybridized carbons (Fsp3) is 0.0938. The summed E-state index contributed by atoms with van der Waals surface area (Å²) < 4.78 is 17.8. The topological polar surface area (TPSA) is 94.2 Å². The van der Waals surface area contributed by atoms with E-state index in [-0.39, 0.29) is 17.9 Å². The Kier molecular flexibility index (Phi) is 9.80. The van der Waals surface area contributed by atoms with Crippen molar-refractivity contribution in [2.75, 3.05) is 12.0 Å². The van der Waals surface area contributed by atoms with E-state index in [1.165, 1.54) is 13.2 Å². The van der Waals surface area contributed by atoms with Crippen molar-refractivity contribution in [1.29, 1.82) is 0 Å². The van der Waals surface area contributed by atoms with E-state index in [1.54, 1.807) is 66.7 Å². The lowest BCUT2D eigenvalue weighted by molar-refractivity contribution is -0.122. The molecule has 1 heterocycles. The molecule has 0 aromatic heterocycles. The van der Waals surface area contributed by atoms with Gasteiger partial charge >= 0.3 is 6.03 Å². The second-order valence-corrected chi connectivity index (χ2v) is 11.6. The molecule has 12 heteroatoms. The number of imide groups is 2. The van der Waals surface area contributed by atoms with Crippen molar-refractivity contribution in [3.05, 3.63) is 121 Å². The van der Waals surface area contributed by atoms with Gasteiger partial charge in [-0.2, -0.15) is 0 Å². The molecular weight excluding hydrogens is 695 g/mol. The molecule has 1 N–H and O–H groups in total. The largest absolute Gasteiger partial charge is 0.493 e. The number of urea groups is 1. The molecule has 44 heavy (non-hydrogen) atoms. The highest BCUT2D eigenvalue weighted by molar-refractivity contribution is 9.10. The summed E-state index contributed by atoms with van der Waals surface area (Å²) in [6, 6.07) is 21.1. The SMILES string of the molecule is COc1cc(/C=C2\C(=O)NC(=O)N(c3ccc(OCc4ccc(Cl)cc4)cc3)C2=O)cc(Br)c1OCc1ccc(Cl)cc1Cl. The maximum Gasteiger partial charge on any atom is 0.335 e. The second-order valence-electron chi connectivity index (χ2n) is 9.43. The average Bonchev–Trinajstić information content (AvgIpc) is 2.99. The standard InChI is InChI=1S/C32H22BrCl3N2O6/c1-42-28-14-19(13-26(33)29(28)44-17-20-4-7-22(35)15-27(20)36)12-25-30(39)37-32(41)38(31(25)40)23-8-10-24(11-9-23)43-16-18-2-5-21(34)6-3-18/h2-15H,16-17H2,1H3,(H,37,39,41)/b25-12+. The van der Waals surface area contributed by atoms with Crippen LogP contribution in [0.15, 0.2) is 88.9 Å². The van der Waals surface area contributed by atoms with Gasteiger partial charge in [0.05, 0.1) is 17.3 Å². The summed E-state index contributed by atoms with van der Waals surface area (Å²) in [6.45, 7) is 0.438. The molecule has 4 amide bonds. The number of anilines is 1. The van der Waals surface area contributed by atoms with Crippen LogP contribution in [0.5, 0.6) is 17.2 Å². The lowest BCUT2D eigenvalue weighted by Gasteiger charge is -2.26. The number of rotatable bonds is 9. The van der Waals surface area contributed by atoms with Gasteiger partial charge in [-0.15, -0.1) is 0 Å². The zero-order valence-electron chi connectivity index (χ0n) is 22.9. The molecule has 224 valence electrons. The summed E-state index contributed by atoms with van der Waals surface area (Å²) in [4.78, 5) is 39.8. The normalized spacial score (nSPS) is 14.1. The molecule has 0 spiro atoms. The van der Waals surface area contributed by atoms with Gasteiger partial charge in [-0.05, 0) is 93.8 Å². The van der Waals surface area contributed by atoms with E-state index in [2.05, 4.69) is 21.2 Å². The predicted molar refractivity (Wildman–Crippen MR) is 173 cm³/mol. The highest BCUT2D eigenvalue weighted by Crippen LogP contribution is 2.38. The van der Waals surface area contributed by atoms with E-state index < -0.39 is 17.8 Å². The van der Waals surface area contributed by atoms with E-state index >= 15 is 0 Å². The zero-order valence-corrected chi connectivity index (χ0v) is 26.8. The lowest BCUT2D eigenvalue weighted by Crippen LogP contribution is -2.54. The Bertz CT molecular complexity index is 1780. The van der Waals surface area contributed by atoms with Crippen LogP contribution in [0.4, 0.5) is 10.5 Å². The molecule has 4 aromatic rings. The molecule has 1 saturated heterocycles. The third-order valence-corrected chi connectivity index (χ3v) is 7.89. The fourth-order valence-electron chi connectivity index (χ4n) is 4.25. The first-order valence-electron chi connectivity index (χ1n) is 13.0. The molecule has 0 unspecified atom stereocenters. The Morgan fingerprint density at radius 3 is 2.23 bits per heavy atom. The molecule has 0 aliphatic carbocycles. The molecule has 0 radical (unpaired) electrons. The van der Waals surface area contributed by atoms with Gasteiger partial charge < -0.3 is 14.2 Å². The Labute approximate surface area is 276 Å². The Morgan fingerprint density at radius 2 is 1.55 bits per heavy atom. The average molecular weight is 717 g/mol. The number of ether oxygens (including phenoxy) is 3. The summed E-state index contributed by atoms with van der Waals surface area (Å²) in [6.07, 6.45) is 1.37. The number of methoxy groups -OCH3 is 1. The molecule has 1 aliphatic heterocycles. The van der Waals surface area contributed by atoms with Crippen molar-refractivity contribution in [2.24, 2.45) is 0 Å². The summed E-state index contributed by atoms with van der Waals surface area (Å²) in [5, 5.41) is 3.81. The van der Waals surface area contributed by atoms with Crippen LogP contribution >= 0.6 is 50.7 Å². The molecule has 1 aliphatic rings. The van der Waals surface area contributed by atoms with Crippen LogP contribution in [0.25, 0.3) is 6.08 Å². The van der Waals surface area contributed by atoms with Gasteiger partial charge in [0.1, 0.15) is 24.5 Å². The first-order valence-corrected chi connectivity index (χ1v) is 14.9. The van der Waals surface area contributed by atoms with E-state index in [1.807, 2.05) is 12.1 Å². The minimum absolute atomic E-state index is 0.133. The van der Waals surface area contributed by atoms with E-state index in [9.17, 15) is 14.4 Å². The van der Waals surface area contributed by atoms with Crippen LogP contribution in [-0.4, -0.2) is 25.0 Å². The van der Waals surface area contributed by atoms with Gasteiger partial charge in [-0.1, -0.05) is 53.0 Å². The predicted octanol–water partition coefficient (Wildman–Crippen LogP) is 8.24. The van der Waals surface area contributed by atoms with Crippen molar-refractivity contribution in [3.8, 4) is 17.2 Å². The van der Waals surface area contributed by atoms with Gasteiger partial charge in [0, 0.05) is 20.6 Å². The van der Waals surface area contributed by atoms with Gasteiger partial charge in [-0.3, -0.25) is 14.9 Å². The maximum atomic E-state index is 13.4. The van der Waals surface area contributed by atoms with Gasteiger partial charge in [0.25, 0.3) is 11.8 Å². The highest BCUT2D eigenvalue weighted by atomic mass is 79.9. The fourth-order valence-corrected chi connectivity index (χ4v) is 5.41. The van der Waals surface area contributed by atoms with Crippen LogP contribution in [0.3, 0.4) is 0 Å². The molecule has 8 nitrogen and oxygen atoms in total. The summed E-state index contributed by atoms with van der Waals surface area (Å²) in [7, 11) is 1.46. The summed E-state index contributed by atoms with van der Waals surface area (Å²) in [5.41, 5.74) is 2.10. The number of nitrogens with zero attached hydrogens (tertiary/aromatic N) is 1. The smallest absolute Gasteiger partial charge is 0.335 e. The number of hydrogen-bond acceptors (Lipinski definition) is 6. The van der Waals surface area contributed by atoms with E-state index in [0.29, 0.717) is 54.5 Å². The lowest BCUT2D eigenvalue weighted by atomic mass is 10.1. The first kappa shape index (κ1) is 31.4. The minimum Gasteiger partial charge on any atom is -0.493 e. The van der Waals surface area contributed by atoms with Crippen molar-refractivity contribution in [3.63, 3.8) is 0 Å².